The summed E-state index contributed by atoms with van der Waals surface area (Å²) in [6, 6.07) is 10.2. The highest BCUT2D eigenvalue weighted by Gasteiger charge is 2.41. The topological polar surface area (TPSA) is 118 Å². The molecule has 9 heteroatoms. The zero-order valence-electron chi connectivity index (χ0n) is 17.5. The number of phenols is 1. The summed E-state index contributed by atoms with van der Waals surface area (Å²) < 4.78 is 5.44. The lowest BCUT2D eigenvalue weighted by atomic mass is 10.1. The maximum absolute atomic E-state index is 12.6. The van der Waals surface area contributed by atoms with Crippen molar-refractivity contribution in [1.82, 2.24) is 20.4 Å². The Hall–Kier alpha value is -3.30. The standard InChI is InChI=1S/C22H26N4O5/c1-25(2)14(11-13-3-5-15(27)6-4-13)12-24-22(30)23-9-10-26-20(28)18-16-7-8-17(31-16)19(18)21(26)29/h3-8,14,20,27-28H,9-12H2,1-2H3,(H2,23,24,30)/t14-,20?/m0/s1. The molecule has 3 heterocycles. The lowest BCUT2D eigenvalue weighted by Gasteiger charge is -2.25. The molecule has 4 rings (SSSR count). The van der Waals surface area contributed by atoms with Crippen LogP contribution in [0.1, 0.15) is 27.7 Å². The number of furan rings is 2. The number of aliphatic hydroxyl groups excluding tert-OH is 1. The Morgan fingerprint density at radius 2 is 1.87 bits per heavy atom. The third-order valence-electron chi connectivity index (χ3n) is 5.69. The number of rotatable bonds is 8. The van der Waals surface area contributed by atoms with E-state index in [0.29, 0.717) is 35.3 Å². The minimum absolute atomic E-state index is 0.0708. The van der Waals surface area contributed by atoms with Gasteiger partial charge in [0.15, 0.2) is 6.23 Å². The summed E-state index contributed by atoms with van der Waals surface area (Å²) in [5, 5.41) is 25.5. The third kappa shape index (κ3) is 4.14. The molecule has 1 aliphatic heterocycles. The van der Waals surface area contributed by atoms with Crippen molar-refractivity contribution >= 4 is 23.1 Å². The molecule has 2 atom stereocenters. The fourth-order valence-electron chi connectivity index (χ4n) is 3.89. The van der Waals surface area contributed by atoms with Crippen LogP contribution < -0.4 is 10.6 Å². The largest absolute Gasteiger partial charge is 0.508 e. The van der Waals surface area contributed by atoms with Gasteiger partial charge in [-0.1, -0.05) is 12.1 Å². The maximum Gasteiger partial charge on any atom is 0.314 e. The van der Waals surface area contributed by atoms with Gasteiger partial charge in [0.25, 0.3) is 5.91 Å². The number of benzene rings is 2. The summed E-state index contributed by atoms with van der Waals surface area (Å²) in [6.45, 7) is 0.824. The van der Waals surface area contributed by atoms with Crippen LogP contribution in [0.15, 0.2) is 40.8 Å². The van der Waals surface area contributed by atoms with E-state index < -0.39 is 6.23 Å². The van der Waals surface area contributed by atoms with Gasteiger partial charge in [0.2, 0.25) is 0 Å². The highest BCUT2D eigenvalue weighted by molar-refractivity contribution is 6.08. The van der Waals surface area contributed by atoms with Gasteiger partial charge >= 0.3 is 6.03 Å². The first kappa shape index (κ1) is 21.0. The first-order chi connectivity index (χ1) is 14.8. The average Bonchev–Trinajstić information content (AvgIpc) is 3.42. The number of likely N-dealkylation sites (N-methyl/N-ethyl adjacent to an activating group) is 1. The molecule has 2 aromatic heterocycles. The third-order valence-corrected chi connectivity index (χ3v) is 5.69. The number of carbonyl (C=O) groups is 2. The number of hydrogen-bond acceptors (Lipinski definition) is 6. The number of hydrogen-bond donors (Lipinski definition) is 4. The SMILES string of the molecule is CN(C)[C@H](CNC(=O)NCCN1C(=O)c2c(c3ccc2o3)C1O)Cc1ccc(O)cc1. The van der Waals surface area contributed by atoms with Crippen LogP contribution in [-0.2, 0) is 6.42 Å². The molecule has 1 aliphatic rings. The van der Waals surface area contributed by atoms with Crippen LogP contribution in [0.2, 0.25) is 0 Å². The van der Waals surface area contributed by atoms with E-state index in [9.17, 15) is 19.8 Å². The van der Waals surface area contributed by atoms with Crippen molar-refractivity contribution in [3.63, 3.8) is 0 Å². The molecule has 0 saturated heterocycles. The molecular formula is C22H26N4O5. The van der Waals surface area contributed by atoms with Crippen molar-refractivity contribution < 1.29 is 24.2 Å². The molecule has 31 heavy (non-hydrogen) atoms. The number of nitrogens with one attached hydrogen (secondary N) is 2. The van der Waals surface area contributed by atoms with E-state index in [1.165, 1.54) is 4.90 Å². The van der Waals surface area contributed by atoms with Crippen molar-refractivity contribution in [2.45, 2.75) is 18.7 Å². The second kappa shape index (κ2) is 8.44. The monoisotopic (exact) mass is 426 g/mol. The summed E-state index contributed by atoms with van der Waals surface area (Å²) in [7, 11) is 3.89. The molecule has 2 bridgehead atoms. The first-order valence-corrected chi connectivity index (χ1v) is 10.1. The quantitative estimate of drug-likeness (QED) is 0.434. The van der Waals surface area contributed by atoms with Crippen LogP contribution in [0.4, 0.5) is 4.79 Å². The molecule has 0 fully saturated rings. The van der Waals surface area contributed by atoms with Gasteiger partial charge in [-0.05, 0) is 50.3 Å². The van der Waals surface area contributed by atoms with E-state index in [4.69, 9.17) is 4.42 Å². The van der Waals surface area contributed by atoms with Crippen LogP contribution in [0, 0.1) is 0 Å². The fraction of sp³-hybridized carbons (Fsp3) is 0.364. The van der Waals surface area contributed by atoms with Crippen LogP contribution >= 0.6 is 0 Å². The van der Waals surface area contributed by atoms with Crippen LogP contribution in [0.3, 0.4) is 0 Å². The van der Waals surface area contributed by atoms with Crippen molar-refractivity contribution in [1.29, 1.82) is 0 Å². The maximum atomic E-state index is 12.6. The Balaban J connectivity index is 1.24. The number of nitrogens with zero attached hydrogens (tertiary/aromatic N) is 2. The molecule has 164 valence electrons. The van der Waals surface area contributed by atoms with Gasteiger partial charge in [-0.15, -0.1) is 0 Å². The van der Waals surface area contributed by atoms with Gasteiger partial charge in [-0.3, -0.25) is 4.79 Å². The Labute approximate surface area is 179 Å². The lowest BCUT2D eigenvalue weighted by molar-refractivity contribution is 0.0185. The highest BCUT2D eigenvalue weighted by Crippen LogP contribution is 2.41. The predicted molar refractivity (Wildman–Crippen MR) is 114 cm³/mol. The smallest absolute Gasteiger partial charge is 0.314 e. The Kier molecular flexibility index (Phi) is 5.71. The van der Waals surface area contributed by atoms with Crippen molar-refractivity contribution in [2.75, 3.05) is 33.7 Å². The van der Waals surface area contributed by atoms with Crippen molar-refractivity contribution in [2.24, 2.45) is 0 Å². The van der Waals surface area contributed by atoms with E-state index in [-0.39, 0.29) is 36.8 Å². The van der Waals surface area contributed by atoms with E-state index in [2.05, 4.69) is 10.6 Å². The molecule has 0 saturated carbocycles. The summed E-state index contributed by atoms with van der Waals surface area (Å²) >= 11 is 0. The van der Waals surface area contributed by atoms with Crippen molar-refractivity contribution in [3.05, 3.63) is 53.1 Å². The number of amides is 3. The Bertz CT molecular complexity index is 1060. The molecular weight excluding hydrogens is 400 g/mol. The average molecular weight is 426 g/mol. The van der Waals surface area contributed by atoms with Crippen molar-refractivity contribution in [3.8, 4) is 5.75 Å². The zero-order valence-corrected chi connectivity index (χ0v) is 17.5. The highest BCUT2D eigenvalue weighted by atomic mass is 16.3. The zero-order chi connectivity index (χ0) is 22.1. The van der Waals surface area contributed by atoms with Crippen LogP contribution in [0.5, 0.6) is 5.75 Å². The van der Waals surface area contributed by atoms with Crippen LogP contribution in [-0.4, -0.2) is 71.7 Å². The van der Waals surface area contributed by atoms with Gasteiger partial charge in [0.1, 0.15) is 16.9 Å². The molecule has 4 N–H and O–H groups in total. The number of phenolic OH excluding ortho intramolecular Hbond substituents is 1. The summed E-state index contributed by atoms with van der Waals surface area (Å²) in [5.41, 5.74) is 2.98. The summed E-state index contributed by atoms with van der Waals surface area (Å²) in [5.74, 6) is -0.0704. The second-order valence-corrected chi connectivity index (χ2v) is 7.95. The molecule has 0 radical (unpaired) electrons. The summed E-state index contributed by atoms with van der Waals surface area (Å²) in [6.07, 6.45) is -0.347. The number of fused-ring (bicyclic) bond motifs is 5. The number of aliphatic hydroxyl groups is 1. The molecule has 0 spiro atoms. The Morgan fingerprint density at radius 3 is 2.55 bits per heavy atom. The molecule has 3 amide bonds. The minimum atomic E-state index is -1.06. The number of aromatic hydroxyl groups is 1. The van der Waals surface area contributed by atoms with E-state index in [1.807, 2.05) is 31.1 Å². The molecule has 3 aromatic rings. The lowest BCUT2D eigenvalue weighted by Crippen LogP contribution is -2.46. The second-order valence-electron chi connectivity index (χ2n) is 7.95. The molecule has 0 aliphatic carbocycles. The number of urea groups is 1. The molecule has 1 aromatic carbocycles. The van der Waals surface area contributed by atoms with E-state index in [1.54, 1.807) is 24.3 Å². The van der Waals surface area contributed by atoms with E-state index in [0.717, 1.165) is 5.56 Å². The van der Waals surface area contributed by atoms with Gasteiger partial charge in [-0.25, -0.2) is 4.79 Å². The van der Waals surface area contributed by atoms with Gasteiger partial charge < -0.3 is 35.1 Å². The minimum Gasteiger partial charge on any atom is -0.508 e. The van der Waals surface area contributed by atoms with E-state index >= 15 is 0 Å². The first-order valence-electron chi connectivity index (χ1n) is 10.1. The normalized spacial score (nSPS) is 16.8. The number of carbonyl (C=O) groups excluding carboxylic acids is 2. The molecule has 1 unspecified atom stereocenters. The molecule has 9 nitrogen and oxygen atoms in total. The van der Waals surface area contributed by atoms with Crippen LogP contribution in [0.25, 0.3) is 11.2 Å². The summed E-state index contributed by atoms with van der Waals surface area (Å²) in [4.78, 5) is 28.1. The Morgan fingerprint density at radius 1 is 1.16 bits per heavy atom. The van der Waals surface area contributed by atoms with Gasteiger partial charge in [0.05, 0.1) is 11.1 Å². The van der Waals surface area contributed by atoms with Gasteiger partial charge in [0, 0.05) is 25.7 Å². The fourth-order valence-corrected chi connectivity index (χ4v) is 3.89. The van der Waals surface area contributed by atoms with Gasteiger partial charge in [-0.2, -0.15) is 0 Å². The predicted octanol–water partition coefficient (Wildman–Crippen LogP) is 1.49.